The van der Waals surface area contributed by atoms with E-state index in [9.17, 15) is 4.79 Å². The number of ether oxygens (including phenoxy) is 1. The predicted octanol–water partition coefficient (Wildman–Crippen LogP) is 4.14. The number of primary amides is 1. The molecule has 0 aliphatic carbocycles. The number of fused-ring (bicyclic) bond motifs is 1. The maximum Gasteiger partial charge on any atom is 0.410 e. The van der Waals surface area contributed by atoms with Crippen LogP contribution in [-0.4, -0.2) is 58.2 Å². The number of carbonyl (C=O) groups is 1. The number of carbonyl (C=O) groups excluding carboxylic acids is 1. The number of para-hydroxylation sites is 1. The molecule has 1 saturated heterocycles. The van der Waals surface area contributed by atoms with Gasteiger partial charge in [-0.25, -0.2) is 14.8 Å². The van der Waals surface area contributed by atoms with Gasteiger partial charge in [0.1, 0.15) is 17.2 Å². The lowest BCUT2D eigenvalue weighted by atomic mass is 10.1. The van der Waals surface area contributed by atoms with E-state index in [1.807, 2.05) is 18.2 Å². The molecular formula is C28H33N7O2. The van der Waals surface area contributed by atoms with E-state index < -0.39 is 6.09 Å². The summed E-state index contributed by atoms with van der Waals surface area (Å²) in [7, 11) is 0. The highest BCUT2D eigenvalue weighted by molar-refractivity contribution is 5.87. The van der Waals surface area contributed by atoms with Crippen LogP contribution in [-0.2, 0) is 6.54 Å². The summed E-state index contributed by atoms with van der Waals surface area (Å²) in [5.74, 6) is 1.80. The zero-order valence-electron chi connectivity index (χ0n) is 20.8. The Balaban J connectivity index is 1.11. The number of imidazole rings is 1. The molecule has 2 aromatic carbocycles. The summed E-state index contributed by atoms with van der Waals surface area (Å²) in [5, 5.41) is 7.15. The third-order valence-corrected chi connectivity index (χ3v) is 6.57. The number of benzene rings is 2. The van der Waals surface area contributed by atoms with Crippen molar-refractivity contribution in [2.24, 2.45) is 5.73 Å². The number of nitrogens with one attached hydrogen (secondary N) is 3. The van der Waals surface area contributed by atoms with Gasteiger partial charge in [0, 0.05) is 37.4 Å². The van der Waals surface area contributed by atoms with Crippen LogP contribution < -0.4 is 21.1 Å². The Morgan fingerprint density at radius 2 is 2.03 bits per heavy atom. The molecule has 1 amide bonds. The normalized spacial score (nSPS) is 16.4. The lowest BCUT2D eigenvalue weighted by molar-refractivity contribution is 0.211. The number of nitrogens with zero attached hydrogens (tertiary/aromatic N) is 3. The highest BCUT2D eigenvalue weighted by atomic mass is 16.5. The first-order valence-electron chi connectivity index (χ1n) is 12.8. The Morgan fingerprint density at radius 3 is 2.84 bits per heavy atom. The summed E-state index contributed by atoms with van der Waals surface area (Å²) < 4.78 is 5.06. The number of anilines is 1. The average Bonchev–Trinajstić information content (AvgIpc) is 3.23. The largest absolute Gasteiger partial charge is 0.410 e. The molecule has 5 rings (SSSR count). The molecule has 0 bridgehead atoms. The summed E-state index contributed by atoms with van der Waals surface area (Å²) in [6.45, 7) is 5.16. The minimum absolute atomic E-state index is 0.324. The molecule has 9 heteroatoms. The molecule has 4 aromatic rings. The van der Waals surface area contributed by atoms with Gasteiger partial charge < -0.3 is 26.1 Å². The fraction of sp³-hybridized carbons (Fsp3) is 0.321. The van der Waals surface area contributed by atoms with E-state index >= 15 is 0 Å². The monoisotopic (exact) mass is 499 g/mol. The minimum Gasteiger partial charge on any atom is -0.408 e. The minimum atomic E-state index is -0.867. The molecule has 0 saturated carbocycles. The summed E-state index contributed by atoms with van der Waals surface area (Å²) >= 11 is 0. The first kappa shape index (κ1) is 24.7. The maximum absolute atomic E-state index is 11.2. The number of H-pyrrole nitrogens is 1. The Bertz CT molecular complexity index is 1310. The molecule has 1 aliphatic heterocycles. The molecule has 1 atom stereocenters. The van der Waals surface area contributed by atoms with Crippen molar-refractivity contribution < 1.29 is 9.53 Å². The summed E-state index contributed by atoms with van der Waals surface area (Å²) in [5.41, 5.74) is 8.68. The van der Waals surface area contributed by atoms with Crippen LogP contribution in [0, 0.1) is 0 Å². The van der Waals surface area contributed by atoms with E-state index in [2.05, 4.69) is 60.8 Å². The number of aromatic amines is 1. The smallest absolute Gasteiger partial charge is 0.408 e. The summed E-state index contributed by atoms with van der Waals surface area (Å²) in [6.07, 6.45) is 4.27. The number of aromatic nitrogens is 3. The van der Waals surface area contributed by atoms with Crippen molar-refractivity contribution in [2.75, 3.05) is 31.5 Å². The molecule has 1 aliphatic rings. The third kappa shape index (κ3) is 6.63. The number of hydrogen-bond acceptors (Lipinski definition) is 7. The van der Waals surface area contributed by atoms with Crippen molar-refractivity contribution in [3.8, 4) is 17.1 Å². The van der Waals surface area contributed by atoms with Crippen LogP contribution in [0.25, 0.3) is 22.4 Å². The Labute approximate surface area is 216 Å². The van der Waals surface area contributed by atoms with Crippen LogP contribution in [0.4, 0.5) is 10.6 Å². The third-order valence-electron chi connectivity index (χ3n) is 6.57. The predicted molar refractivity (Wildman–Crippen MR) is 145 cm³/mol. The van der Waals surface area contributed by atoms with E-state index in [4.69, 9.17) is 10.5 Å². The fourth-order valence-electron chi connectivity index (χ4n) is 4.79. The standard InChI is InChI=1S/C28H33N7O2/c29-28(36)37-24-11-4-10-23-26(24)34-27(33-23)21-12-13-25(32-17-21)31-14-5-9-22-19-35(16-6-15-30-22)18-20-7-2-1-3-8-20/h1-4,7-8,10-13,17,22,30H,5-6,9,14-16,18-19H2,(H2,29,36)(H,31,32)(H,33,34). The lowest BCUT2D eigenvalue weighted by Gasteiger charge is -2.24. The molecule has 5 N–H and O–H groups in total. The van der Waals surface area contributed by atoms with Gasteiger partial charge in [-0.1, -0.05) is 36.4 Å². The topological polar surface area (TPSA) is 121 Å². The average molecular weight is 500 g/mol. The van der Waals surface area contributed by atoms with Crippen molar-refractivity contribution in [3.05, 3.63) is 72.4 Å². The number of hydrogen-bond donors (Lipinski definition) is 4. The van der Waals surface area contributed by atoms with E-state index in [-0.39, 0.29) is 0 Å². The van der Waals surface area contributed by atoms with Crippen molar-refractivity contribution in [2.45, 2.75) is 31.8 Å². The van der Waals surface area contributed by atoms with Gasteiger partial charge in [0.15, 0.2) is 5.75 Å². The molecule has 3 heterocycles. The zero-order valence-corrected chi connectivity index (χ0v) is 20.8. The van der Waals surface area contributed by atoms with Gasteiger partial charge in [-0.15, -0.1) is 0 Å². The van der Waals surface area contributed by atoms with Crippen LogP contribution in [0.5, 0.6) is 5.75 Å². The molecule has 192 valence electrons. The van der Waals surface area contributed by atoms with Gasteiger partial charge in [0.2, 0.25) is 0 Å². The number of amides is 1. The summed E-state index contributed by atoms with van der Waals surface area (Å²) in [4.78, 5) is 26.1. The molecule has 0 spiro atoms. The van der Waals surface area contributed by atoms with Crippen molar-refractivity contribution in [1.29, 1.82) is 0 Å². The second-order valence-corrected chi connectivity index (χ2v) is 9.39. The van der Waals surface area contributed by atoms with E-state index in [1.165, 1.54) is 12.0 Å². The lowest BCUT2D eigenvalue weighted by Crippen LogP contribution is -2.37. The van der Waals surface area contributed by atoms with E-state index in [0.29, 0.717) is 23.1 Å². The molecule has 0 radical (unpaired) electrons. The van der Waals surface area contributed by atoms with Crippen molar-refractivity contribution in [1.82, 2.24) is 25.2 Å². The van der Waals surface area contributed by atoms with Crippen molar-refractivity contribution >= 4 is 22.9 Å². The summed E-state index contributed by atoms with van der Waals surface area (Å²) in [6, 6.07) is 20.4. The fourth-order valence-corrected chi connectivity index (χ4v) is 4.79. The van der Waals surface area contributed by atoms with Crippen LogP contribution >= 0.6 is 0 Å². The SMILES string of the molecule is NC(=O)Oc1cccc2[nH]c(-c3ccc(NCCCC4CN(Cc5ccccc5)CCCN4)nc3)nc12. The quantitative estimate of drug-likeness (QED) is 0.255. The Hall–Kier alpha value is -3.95. The molecule has 1 unspecified atom stereocenters. The van der Waals surface area contributed by atoms with E-state index in [0.717, 1.165) is 62.5 Å². The molecule has 9 nitrogen and oxygen atoms in total. The Kier molecular flexibility index (Phi) is 7.93. The number of nitrogens with two attached hydrogens (primary N) is 1. The first-order valence-corrected chi connectivity index (χ1v) is 12.8. The van der Waals surface area contributed by atoms with Crippen LogP contribution in [0.15, 0.2) is 66.9 Å². The number of rotatable bonds is 9. The molecule has 37 heavy (non-hydrogen) atoms. The highest BCUT2D eigenvalue weighted by Gasteiger charge is 2.17. The molecule has 2 aromatic heterocycles. The second kappa shape index (κ2) is 11.9. The van der Waals surface area contributed by atoms with Crippen LogP contribution in [0.1, 0.15) is 24.8 Å². The Morgan fingerprint density at radius 1 is 1.14 bits per heavy atom. The van der Waals surface area contributed by atoms with Crippen molar-refractivity contribution in [3.63, 3.8) is 0 Å². The first-order chi connectivity index (χ1) is 18.1. The van der Waals surface area contributed by atoms with Gasteiger partial charge in [0.25, 0.3) is 0 Å². The van der Waals surface area contributed by atoms with Gasteiger partial charge in [-0.2, -0.15) is 0 Å². The van der Waals surface area contributed by atoms with Gasteiger partial charge in [-0.3, -0.25) is 4.90 Å². The molecule has 1 fully saturated rings. The number of pyridine rings is 1. The highest BCUT2D eigenvalue weighted by Crippen LogP contribution is 2.27. The van der Waals surface area contributed by atoms with Crippen LogP contribution in [0.2, 0.25) is 0 Å². The molecular weight excluding hydrogens is 466 g/mol. The zero-order chi connectivity index (χ0) is 25.5. The van der Waals surface area contributed by atoms with Gasteiger partial charge >= 0.3 is 6.09 Å². The van der Waals surface area contributed by atoms with E-state index in [1.54, 1.807) is 18.3 Å². The second-order valence-electron chi connectivity index (χ2n) is 9.39. The maximum atomic E-state index is 11.2. The van der Waals surface area contributed by atoms with Gasteiger partial charge in [0.05, 0.1) is 5.52 Å². The van der Waals surface area contributed by atoms with Gasteiger partial charge in [-0.05, 0) is 62.2 Å². The van der Waals surface area contributed by atoms with Crippen LogP contribution in [0.3, 0.4) is 0 Å².